The van der Waals surface area contributed by atoms with Crippen molar-refractivity contribution in [2.45, 2.75) is 30.8 Å². The number of aliphatic hydroxyl groups excluding tert-OH is 1. The van der Waals surface area contributed by atoms with E-state index in [1.54, 1.807) is 6.20 Å². The molecule has 0 radical (unpaired) electrons. The summed E-state index contributed by atoms with van der Waals surface area (Å²) in [5.41, 5.74) is 2.19. The summed E-state index contributed by atoms with van der Waals surface area (Å²) in [6.45, 7) is 0. The van der Waals surface area contributed by atoms with Crippen molar-refractivity contribution >= 4 is 0 Å². The number of aliphatic hydroxyl groups is 1. The molecule has 0 bridgehead atoms. The van der Waals surface area contributed by atoms with E-state index in [1.165, 1.54) is 5.56 Å². The van der Waals surface area contributed by atoms with Gasteiger partial charge in [0.2, 0.25) is 0 Å². The molecule has 0 amide bonds. The second kappa shape index (κ2) is 4.54. The first-order valence-corrected chi connectivity index (χ1v) is 6.45. The molecule has 1 atom stereocenters. The van der Waals surface area contributed by atoms with E-state index in [0.29, 0.717) is 6.42 Å². The fourth-order valence-electron chi connectivity index (χ4n) is 2.63. The summed E-state index contributed by atoms with van der Waals surface area (Å²) in [6.07, 6.45) is 4.23. The Morgan fingerprint density at radius 2 is 1.78 bits per heavy atom. The number of nitrogens with zero attached hydrogens (tertiary/aromatic N) is 1. The summed E-state index contributed by atoms with van der Waals surface area (Å²) >= 11 is 0. The van der Waals surface area contributed by atoms with E-state index in [9.17, 15) is 5.11 Å². The molecular weight excluding hydrogens is 222 g/mol. The molecule has 1 fully saturated rings. The van der Waals surface area contributed by atoms with Gasteiger partial charge in [0.1, 0.15) is 0 Å². The lowest BCUT2D eigenvalue weighted by Crippen LogP contribution is -2.28. The van der Waals surface area contributed by atoms with Gasteiger partial charge in [-0.15, -0.1) is 0 Å². The average Bonchev–Trinajstić information content (AvgIpc) is 3.22. The van der Waals surface area contributed by atoms with Gasteiger partial charge in [-0.05, 0) is 30.5 Å². The summed E-state index contributed by atoms with van der Waals surface area (Å²) in [5.74, 6) is 0. The monoisotopic (exact) mass is 239 g/mol. The van der Waals surface area contributed by atoms with Crippen molar-refractivity contribution in [3.63, 3.8) is 0 Å². The molecule has 1 aromatic heterocycles. The van der Waals surface area contributed by atoms with Crippen molar-refractivity contribution in [1.82, 2.24) is 4.98 Å². The summed E-state index contributed by atoms with van der Waals surface area (Å²) in [5, 5.41) is 10.5. The number of benzene rings is 1. The van der Waals surface area contributed by atoms with Gasteiger partial charge < -0.3 is 5.11 Å². The predicted molar refractivity (Wildman–Crippen MR) is 71.3 cm³/mol. The lowest BCUT2D eigenvalue weighted by molar-refractivity contribution is 0.130. The van der Waals surface area contributed by atoms with Crippen LogP contribution in [0.15, 0.2) is 54.7 Å². The molecule has 2 aromatic rings. The Morgan fingerprint density at radius 1 is 1.06 bits per heavy atom. The van der Waals surface area contributed by atoms with Gasteiger partial charge in [0, 0.05) is 23.7 Å². The van der Waals surface area contributed by atoms with Gasteiger partial charge in [-0.25, -0.2) is 0 Å². The highest BCUT2D eigenvalue weighted by Gasteiger charge is 2.50. The first kappa shape index (κ1) is 11.4. The van der Waals surface area contributed by atoms with Crippen LogP contribution >= 0.6 is 0 Å². The molecule has 0 aliphatic heterocycles. The van der Waals surface area contributed by atoms with Gasteiger partial charge >= 0.3 is 0 Å². The predicted octanol–water partition coefficient (Wildman–Crippen LogP) is 2.72. The molecule has 0 saturated heterocycles. The van der Waals surface area contributed by atoms with Crippen molar-refractivity contribution in [2.75, 3.05) is 0 Å². The standard InChI is InChI=1S/C16H17NO/c18-15(12-14-8-4-5-11-17-14)16(9-10-16)13-6-2-1-3-7-13/h1-8,11,15,18H,9-10,12H2. The molecule has 18 heavy (non-hydrogen) atoms. The first-order valence-electron chi connectivity index (χ1n) is 6.45. The minimum atomic E-state index is -0.338. The zero-order valence-corrected chi connectivity index (χ0v) is 10.3. The zero-order valence-electron chi connectivity index (χ0n) is 10.3. The van der Waals surface area contributed by atoms with E-state index >= 15 is 0 Å². The van der Waals surface area contributed by atoms with Crippen molar-refractivity contribution < 1.29 is 5.11 Å². The van der Waals surface area contributed by atoms with Crippen LogP contribution in [-0.4, -0.2) is 16.2 Å². The molecular formula is C16H17NO. The molecule has 1 aliphatic carbocycles. The quantitative estimate of drug-likeness (QED) is 0.890. The fourth-order valence-corrected chi connectivity index (χ4v) is 2.63. The highest BCUT2D eigenvalue weighted by molar-refractivity contribution is 5.33. The van der Waals surface area contributed by atoms with Gasteiger partial charge in [-0.1, -0.05) is 36.4 Å². The Bertz CT molecular complexity index is 505. The molecule has 92 valence electrons. The Kier molecular flexibility index (Phi) is 2.88. The zero-order chi connectivity index (χ0) is 12.4. The van der Waals surface area contributed by atoms with Crippen molar-refractivity contribution in [3.8, 4) is 0 Å². The largest absolute Gasteiger partial charge is 0.392 e. The summed E-state index contributed by atoms with van der Waals surface area (Å²) in [6, 6.07) is 16.2. The van der Waals surface area contributed by atoms with Crippen molar-refractivity contribution in [2.24, 2.45) is 0 Å². The molecule has 1 aromatic carbocycles. The van der Waals surface area contributed by atoms with Gasteiger partial charge in [0.25, 0.3) is 0 Å². The molecule has 1 unspecified atom stereocenters. The van der Waals surface area contributed by atoms with Crippen molar-refractivity contribution in [1.29, 1.82) is 0 Å². The van der Waals surface area contributed by atoms with Gasteiger partial charge in [0.15, 0.2) is 0 Å². The van der Waals surface area contributed by atoms with E-state index in [4.69, 9.17) is 0 Å². The number of pyridine rings is 1. The third-order valence-corrected chi connectivity index (χ3v) is 3.90. The third kappa shape index (κ3) is 2.04. The van der Waals surface area contributed by atoms with Crippen LogP contribution in [0.2, 0.25) is 0 Å². The normalized spacial score (nSPS) is 18.3. The Balaban J connectivity index is 1.79. The van der Waals surface area contributed by atoms with Gasteiger partial charge in [0.05, 0.1) is 6.10 Å². The molecule has 1 heterocycles. The van der Waals surface area contributed by atoms with E-state index in [1.807, 2.05) is 36.4 Å². The van der Waals surface area contributed by atoms with Crippen LogP contribution < -0.4 is 0 Å². The Morgan fingerprint density at radius 3 is 2.39 bits per heavy atom. The SMILES string of the molecule is OC(Cc1ccccn1)C1(c2ccccc2)CC1. The number of aromatic nitrogens is 1. The first-order chi connectivity index (χ1) is 8.81. The van der Waals surface area contributed by atoms with Crippen LogP contribution in [0.3, 0.4) is 0 Å². The summed E-state index contributed by atoms with van der Waals surface area (Å²) in [7, 11) is 0. The smallest absolute Gasteiger partial charge is 0.0692 e. The van der Waals surface area contributed by atoms with Crippen LogP contribution in [0.25, 0.3) is 0 Å². The Hall–Kier alpha value is -1.67. The highest BCUT2D eigenvalue weighted by Crippen LogP contribution is 2.51. The van der Waals surface area contributed by atoms with Crippen LogP contribution in [0, 0.1) is 0 Å². The maximum Gasteiger partial charge on any atom is 0.0692 e. The molecule has 1 saturated carbocycles. The molecule has 2 nitrogen and oxygen atoms in total. The van der Waals surface area contributed by atoms with Crippen LogP contribution in [-0.2, 0) is 11.8 Å². The van der Waals surface area contributed by atoms with Crippen LogP contribution in [0.4, 0.5) is 0 Å². The molecule has 3 rings (SSSR count). The van der Waals surface area contributed by atoms with E-state index in [0.717, 1.165) is 18.5 Å². The highest BCUT2D eigenvalue weighted by atomic mass is 16.3. The summed E-state index contributed by atoms with van der Waals surface area (Å²) in [4.78, 5) is 4.29. The molecule has 2 heteroatoms. The topological polar surface area (TPSA) is 33.1 Å². The minimum Gasteiger partial charge on any atom is -0.392 e. The van der Waals surface area contributed by atoms with Crippen LogP contribution in [0.1, 0.15) is 24.1 Å². The molecule has 1 N–H and O–H groups in total. The van der Waals surface area contributed by atoms with Crippen LogP contribution in [0.5, 0.6) is 0 Å². The second-order valence-electron chi connectivity index (χ2n) is 5.06. The minimum absolute atomic E-state index is 0.0290. The third-order valence-electron chi connectivity index (χ3n) is 3.90. The number of hydrogen-bond acceptors (Lipinski definition) is 2. The maximum atomic E-state index is 10.5. The van der Waals surface area contributed by atoms with Crippen molar-refractivity contribution in [3.05, 3.63) is 66.0 Å². The molecule has 0 spiro atoms. The lowest BCUT2D eigenvalue weighted by atomic mass is 9.87. The average molecular weight is 239 g/mol. The Labute approximate surface area is 107 Å². The van der Waals surface area contributed by atoms with E-state index in [-0.39, 0.29) is 11.5 Å². The van der Waals surface area contributed by atoms with E-state index in [2.05, 4.69) is 17.1 Å². The lowest BCUT2D eigenvalue weighted by Gasteiger charge is -2.22. The second-order valence-corrected chi connectivity index (χ2v) is 5.06. The number of rotatable bonds is 4. The fraction of sp³-hybridized carbons (Fsp3) is 0.312. The van der Waals surface area contributed by atoms with Gasteiger partial charge in [-0.2, -0.15) is 0 Å². The number of hydrogen-bond donors (Lipinski definition) is 1. The molecule has 1 aliphatic rings. The maximum absolute atomic E-state index is 10.5. The van der Waals surface area contributed by atoms with E-state index < -0.39 is 0 Å². The summed E-state index contributed by atoms with van der Waals surface area (Å²) < 4.78 is 0. The van der Waals surface area contributed by atoms with Gasteiger partial charge in [-0.3, -0.25) is 4.98 Å².